The molecule has 0 saturated carbocycles. The number of benzene rings is 1. The first-order valence-corrected chi connectivity index (χ1v) is 7.06. The highest BCUT2D eigenvalue weighted by Crippen LogP contribution is 2.26. The number of aliphatic hydroxyl groups is 1. The van der Waals surface area contributed by atoms with Gasteiger partial charge >= 0.3 is 0 Å². The lowest BCUT2D eigenvalue weighted by molar-refractivity contribution is -0.386. The number of morpholine rings is 1. The van der Waals surface area contributed by atoms with Crippen LogP contribution in [0.15, 0.2) is 24.3 Å². The third-order valence-electron chi connectivity index (χ3n) is 3.78. The maximum absolute atomic E-state index is 11.8. The van der Waals surface area contributed by atoms with Crippen LogP contribution in [-0.4, -0.2) is 56.4 Å². The molecule has 1 aromatic rings. The monoisotopic (exact) mass is 294 g/mol. The summed E-state index contributed by atoms with van der Waals surface area (Å²) < 4.78 is 10.5. The number of nitrogens with zero attached hydrogens (tertiary/aromatic N) is 2. The molecule has 0 radical (unpaired) electrons. The molecule has 2 saturated heterocycles. The zero-order valence-corrected chi connectivity index (χ0v) is 11.8. The van der Waals surface area contributed by atoms with Crippen LogP contribution in [0.4, 0.5) is 11.4 Å². The van der Waals surface area contributed by atoms with Crippen LogP contribution in [0.25, 0.3) is 0 Å². The summed E-state index contributed by atoms with van der Waals surface area (Å²) in [6.07, 6.45) is -0.992. The van der Waals surface area contributed by atoms with Crippen molar-refractivity contribution in [2.45, 2.75) is 12.5 Å². The van der Waals surface area contributed by atoms with E-state index in [1.807, 2.05) is 24.3 Å². The molecule has 0 aromatic heterocycles. The summed E-state index contributed by atoms with van der Waals surface area (Å²) in [6, 6.07) is 7.53. The van der Waals surface area contributed by atoms with Gasteiger partial charge in [-0.25, -0.2) is 0 Å². The third-order valence-corrected chi connectivity index (χ3v) is 3.78. The number of aliphatic hydroxyl groups excluding tert-OH is 1. The van der Waals surface area contributed by atoms with Gasteiger partial charge in [-0.1, -0.05) is 0 Å². The van der Waals surface area contributed by atoms with Crippen molar-refractivity contribution in [2.75, 3.05) is 42.6 Å². The average molecular weight is 294 g/mol. The molecule has 2 fully saturated rings. The van der Waals surface area contributed by atoms with E-state index in [0.717, 1.165) is 11.4 Å². The summed E-state index contributed by atoms with van der Waals surface area (Å²) in [5.41, 5.74) is 5.50. The van der Waals surface area contributed by atoms with E-state index < -0.39 is 6.41 Å². The lowest BCUT2D eigenvalue weighted by atomic mass is 10.2. The molecule has 3 rings (SSSR count). The Morgan fingerprint density at radius 1 is 1.29 bits per heavy atom. The average Bonchev–Trinajstić information content (AvgIpc) is 2.89. The molecule has 2 aliphatic heterocycles. The van der Waals surface area contributed by atoms with Crippen LogP contribution in [0.2, 0.25) is 0 Å². The van der Waals surface area contributed by atoms with Gasteiger partial charge in [-0.05, 0) is 24.3 Å². The van der Waals surface area contributed by atoms with E-state index in [0.29, 0.717) is 26.2 Å². The van der Waals surface area contributed by atoms with Gasteiger partial charge < -0.3 is 30.1 Å². The van der Waals surface area contributed by atoms with E-state index in [9.17, 15) is 9.90 Å². The van der Waals surface area contributed by atoms with Gasteiger partial charge in [0, 0.05) is 17.9 Å². The largest absolute Gasteiger partial charge is 0.370 e. The molecule has 2 atom stereocenters. The van der Waals surface area contributed by atoms with Crippen molar-refractivity contribution < 1.29 is 25.1 Å². The van der Waals surface area contributed by atoms with Crippen molar-refractivity contribution in [3.8, 4) is 0 Å². The molecule has 0 aliphatic carbocycles. The lowest BCUT2D eigenvalue weighted by Gasteiger charge is -2.27. The Bertz CT molecular complexity index is 507. The SMILES string of the molecule is [NH3+]C[C@H]1CN(c2ccc(N3CCOCC3=O)cc2)C(O)O1. The minimum absolute atomic E-state index is 0.0318. The van der Waals surface area contributed by atoms with E-state index >= 15 is 0 Å². The Balaban J connectivity index is 1.73. The van der Waals surface area contributed by atoms with Crippen molar-refractivity contribution in [3.05, 3.63) is 24.3 Å². The summed E-state index contributed by atoms with van der Waals surface area (Å²) in [5, 5.41) is 9.90. The summed E-state index contributed by atoms with van der Waals surface area (Å²) in [7, 11) is 0. The standard InChI is InChI=1S/C14H19N3O4/c15-7-12-8-17(14(19)21-12)11-3-1-10(2-4-11)16-5-6-20-9-13(16)18/h1-4,12,14,19H,5-9,15H2/p+1/t12-,14?/m0/s1. The molecule has 1 amide bonds. The number of anilines is 2. The Labute approximate surface area is 122 Å². The van der Waals surface area contributed by atoms with Crippen molar-refractivity contribution in [1.29, 1.82) is 0 Å². The van der Waals surface area contributed by atoms with Crippen molar-refractivity contribution >= 4 is 17.3 Å². The normalized spacial score (nSPS) is 26.5. The Kier molecular flexibility index (Phi) is 4.07. The second-order valence-electron chi connectivity index (χ2n) is 5.14. The molecule has 1 aromatic carbocycles. The lowest BCUT2D eigenvalue weighted by Crippen LogP contribution is -2.56. The molecule has 2 heterocycles. The molecule has 7 nitrogen and oxygen atoms in total. The van der Waals surface area contributed by atoms with Gasteiger partial charge in [0.05, 0.1) is 13.2 Å². The number of ether oxygens (including phenoxy) is 2. The van der Waals surface area contributed by atoms with Crippen molar-refractivity contribution in [3.63, 3.8) is 0 Å². The molecular weight excluding hydrogens is 274 g/mol. The fraction of sp³-hybridized carbons (Fsp3) is 0.500. The minimum Gasteiger partial charge on any atom is -0.370 e. The van der Waals surface area contributed by atoms with E-state index in [1.165, 1.54) is 0 Å². The first-order chi connectivity index (χ1) is 10.2. The van der Waals surface area contributed by atoms with Crippen LogP contribution in [0, 0.1) is 0 Å². The topological polar surface area (TPSA) is 89.9 Å². The highest BCUT2D eigenvalue weighted by atomic mass is 16.6. The van der Waals surface area contributed by atoms with Gasteiger partial charge in [0.2, 0.25) is 6.41 Å². The van der Waals surface area contributed by atoms with Gasteiger partial charge in [-0.3, -0.25) is 4.79 Å². The first-order valence-electron chi connectivity index (χ1n) is 7.06. The van der Waals surface area contributed by atoms with Crippen molar-refractivity contribution in [2.24, 2.45) is 0 Å². The number of rotatable bonds is 3. The zero-order chi connectivity index (χ0) is 14.8. The van der Waals surface area contributed by atoms with E-state index in [4.69, 9.17) is 9.47 Å². The molecule has 7 heteroatoms. The van der Waals surface area contributed by atoms with Gasteiger partial charge in [0.15, 0.2) is 0 Å². The quantitative estimate of drug-likeness (QED) is 0.729. The molecule has 0 spiro atoms. The van der Waals surface area contributed by atoms with E-state index in [1.54, 1.807) is 9.80 Å². The number of hydrogen-bond donors (Lipinski definition) is 2. The number of carbonyl (C=O) groups excluding carboxylic acids is 1. The van der Waals surface area contributed by atoms with Gasteiger partial charge in [0.25, 0.3) is 5.91 Å². The predicted molar refractivity (Wildman–Crippen MR) is 75.6 cm³/mol. The highest BCUT2D eigenvalue weighted by Gasteiger charge is 2.32. The predicted octanol–water partition coefficient (Wildman–Crippen LogP) is -1.23. The fourth-order valence-corrected chi connectivity index (χ4v) is 2.61. The second-order valence-corrected chi connectivity index (χ2v) is 5.14. The van der Waals surface area contributed by atoms with Crippen LogP contribution in [0.1, 0.15) is 0 Å². The maximum Gasteiger partial charge on any atom is 0.253 e. The fourth-order valence-electron chi connectivity index (χ4n) is 2.61. The van der Waals surface area contributed by atoms with Crippen LogP contribution in [0.3, 0.4) is 0 Å². The Hall–Kier alpha value is -1.67. The van der Waals surface area contributed by atoms with Gasteiger partial charge in [0.1, 0.15) is 19.3 Å². The van der Waals surface area contributed by atoms with Crippen molar-refractivity contribution in [1.82, 2.24) is 0 Å². The van der Waals surface area contributed by atoms with Crippen LogP contribution in [0.5, 0.6) is 0 Å². The maximum atomic E-state index is 11.8. The Morgan fingerprint density at radius 2 is 2.00 bits per heavy atom. The minimum atomic E-state index is -0.937. The number of quaternary nitrogens is 1. The summed E-state index contributed by atoms with van der Waals surface area (Å²) in [4.78, 5) is 15.3. The molecule has 114 valence electrons. The summed E-state index contributed by atoms with van der Waals surface area (Å²) in [6.45, 7) is 2.48. The molecule has 2 aliphatic rings. The molecular formula is C14H20N3O4+. The summed E-state index contributed by atoms with van der Waals surface area (Å²) >= 11 is 0. The first kappa shape index (κ1) is 14.3. The smallest absolute Gasteiger partial charge is 0.253 e. The van der Waals surface area contributed by atoms with Crippen LogP contribution >= 0.6 is 0 Å². The molecule has 0 bridgehead atoms. The molecule has 21 heavy (non-hydrogen) atoms. The number of hydrogen-bond acceptors (Lipinski definition) is 5. The third kappa shape index (κ3) is 2.86. The summed E-state index contributed by atoms with van der Waals surface area (Å²) in [5.74, 6) is -0.0318. The zero-order valence-electron chi connectivity index (χ0n) is 11.8. The van der Waals surface area contributed by atoms with E-state index in [-0.39, 0.29) is 18.6 Å². The van der Waals surface area contributed by atoms with Crippen LogP contribution in [-0.2, 0) is 14.3 Å². The van der Waals surface area contributed by atoms with E-state index in [2.05, 4.69) is 5.73 Å². The molecule has 1 unspecified atom stereocenters. The number of amides is 1. The van der Waals surface area contributed by atoms with Gasteiger partial charge in [-0.15, -0.1) is 0 Å². The molecule has 4 N–H and O–H groups in total. The van der Waals surface area contributed by atoms with Gasteiger partial charge in [-0.2, -0.15) is 0 Å². The Morgan fingerprint density at radius 3 is 2.62 bits per heavy atom. The highest BCUT2D eigenvalue weighted by molar-refractivity contribution is 5.95. The second kappa shape index (κ2) is 5.98. The number of carbonyl (C=O) groups is 1. The van der Waals surface area contributed by atoms with Crippen LogP contribution < -0.4 is 15.5 Å².